The Hall–Kier alpha value is -1.80. The predicted molar refractivity (Wildman–Crippen MR) is 84.3 cm³/mol. The number of methoxy groups -OCH3 is 1. The number of benzene rings is 2. The quantitative estimate of drug-likeness (QED) is 0.850. The molecular weight excluding hydrogens is 246 g/mol. The van der Waals surface area contributed by atoms with Gasteiger partial charge in [0.2, 0.25) is 0 Å². The summed E-state index contributed by atoms with van der Waals surface area (Å²) in [5, 5.41) is 3.59. The van der Waals surface area contributed by atoms with Gasteiger partial charge in [-0.3, -0.25) is 0 Å². The van der Waals surface area contributed by atoms with E-state index in [4.69, 9.17) is 4.74 Å². The Bertz CT molecular complexity index is 524. The average Bonchev–Trinajstić information content (AvgIpc) is 2.53. The van der Waals surface area contributed by atoms with Crippen molar-refractivity contribution in [1.29, 1.82) is 0 Å². The Labute approximate surface area is 121 Å². The molecule has 1 N–H and O–H groups in total. The minimum Gasteiger partial charge on any atom is -0.496 e. The van der Waals surface area contributed by atoms with Crippen molar-refractivity contribution in [2.24, 2.45) is 0 Å². The van der Waals surface area contributed by atoms with E-state index in [-0.39, 0.29) is 6.04 Å². The molecule has 0 aliphatic heterocycles. The third kappa shape index (κ3) is 3.61. The van der Waals surface area contributed by atoms with Crippen molar-refractivity contribution in [3.8, 4) is 5.75 Å². The highest BCUT2D eigenvalue weighted by atomic mass is 16.5. The summed E-state index contributed by atoms with van der Waals surface area (Å²) in [5.74, 6) is 1.44. The van der Waals surface area contributed by atoms with E-state index in [1.54, 1.807) is 7.11 Å². The molecule has 20 heavy (non-hydrogen) atoms. The summed E-state index contributed by atoms with van der Waals surface area (Å²) in [5.41, 5.74) is 2.57. The first-order chi connectivity index (χ1) is 9.72. The number of hydrogen-bond donors (Lipinski definition) is 1. The first-order valence-corrected chi connectivity index (χ1v) is 7.13. The maximum Gasteiger partial charge on any atom is 0.123 e. The van der Waals surface area contributed by atoms with Crippen LogP contribution in [0.4, 0.5) is 0 Å². The van der Waals surface area contributed by atoms with E-state index in [0.717, 1.165) is 12.3 Å². The molecule has 0 fully saturated rings. The second-order valence-corrected chi connectivity index (χ2v) is 5.18. The van der Waals surface area contributed by atoms with Gasteiger partial charge >= 0.3 is 0 Å². The van der Waals surface area contributed by atoms with Crippen LogP contribution in [0.15, 0.2) is 54.6 Å². The van der Waals surface area contributed by atoms with Crippen LogP contribution in [-0.2, 0) is 0 Å². The van der Waals surface area contributed by atoms with Crippen LogP contribution in [0, 0.1) is 0 Å². The molecule has 2 atom stereocenters. The van der Waals surface area contributed by atoms with Gasteiger partial charge in [0, 0.05) is 18.2 Å². The maximum absolute atomic E-state index is 5.42. The van der Waals surface area contributed by atoms with Crippen molar-refractivity contribution in [3.05, 3.63) is 65.7 Å². The van der Waals surface area contributed by atoms with Crippen LogP contribution in [0.3, 0.4) is 0 Å². The lowest BCUT2D eigenvalue weighted by Gasteiger charge is -2.20. The highest BCUT2D eigenvalue weighted by Crippen LogP contribution is 2.25. The van der Waals surface area contributed by atoms with Crippen LogP contribution < -0.4 is 10.1 Å². The van der Waals surface area contributed by atoms with Gasteiger partial charge in [-0.15, -0.1) is 0 Å². The third-order valence-corrected chi connectivity index (χ3v) is 3.70. The van der Waals surface area contributed by atoms with E-state index in [1.165, 1.54) is 11.1 Å². The van der Waals surface area contributed by atoms with Crippen LogP contribution in [0.25, 0.3) is 0 Å². The second kappa shape index (κ2) is 7.11. The molecule has 2 aromatic carbocycles. The molecule has 0 saturated carbocycles. The van der Waals surface area contributed by atoms with E-state index >= 15 is 0 Å². The maximum atomic E-state index is 5.42. The molecule has 0 bridgehead atoms. The minimum absolute atomic E-state index is 0.275. The van der Waals surface area contributed by atoms with E-state index in [2.05, 4.69) is 61.6 Å². The SMILES string of the molecule is COc1ccccc1[C@@H](C)NCC(C)c1ccccc1. The summed E-state index contributed by atoms with van der Waals surface area (Å²) in [6.07, 6.45) is 0. The van der Waals surface area contributed by atoms with Gasteiger partial charge in [-0.25, -0.2) is 0 Å². The number of ether oxygens (including phenoxy) is 1. The number of nitrogens with one attached hydrogen (secondary N) is 1. The Kier molecular flexibility index (Phi) is 5.19. The van der Waals surface area contributed by atoms with Crippen molar-refractivity contribution in [2.75, 3.05) is 13.7 Å². The molecule has 0 heterocycles. The summed E-state index contributed by atoms with van der Waals surface area (Å²) in [6, 6.07) is 19.1. The van der Waals surface area contributed by atoms with Crippen LogP contribution in [0.1, 0.15) is 36.9 Å². The number of para-hydroxylation sites is 1. The smallest absolute Gasteiger partial charge is 0.123 e. The molecule has 0 aromatic heterocycles. The van der Waals surface area contributed by atoms with Gasteiger partial charge < -0.3 is 10.1 Å². The van der Waals surface area contributed by atoms with E-state index in [9.17, 15) is 0 Å². The molecule has 0 radical (unpaired) electrons. The van der Waals surface area contributed by atoms with Crippen LogP contribution >= 0.6 is 0 Å². The topological polar surface area (TPSA) is 21.3 Å². The monoisotopic (exact) mass is 269 g/mol. The van der Waals surface area contributed by atoms with E-state index in [0.29, 0.717) is 5.92 Å². The summed E-state index contributed by atoms with van der Waals surface area (Å²) in [4.78, 5) is 0. The van der Waals surface area contributed by atoms with Crippen LogP contribution in [0.2, 0.25) is 0 Å². The largest absolute Gasteiger partial charge is 0.496 e. The molecule has 0 spiro atoms. The highest BCUT2D eigenvalue weighted by molar-refractivity contribution is 5.35. The Morgan fingerprint density at radius 1 is 0.950 bits per heavy atom. The second-order valence-electron chi connectivity index (χ2n) is 5.18. The van der Waals surface area contributed by atoms with Crippen molar-refractivity contribution in [2.45, 2.75) is 25.8 Å². The lowest BCUT2D eigenvalue weighted by Crippen LogP contribution is -2.24. The molecular formula is C18H23NO. The summed E-state index contributed by atoms with van der Waals surface area (Å²) < 4.78 is 5.42. The Morgan fingerprint density at radius 2 is 1.60 bits per heavy atom. The van der Waals surface area contributed by atoms with Gasteiger partial charge in [0.1, 0.15) is 5.75 Å². The zero-order valence-electron chi connectivity index (χ0n) is 12.5. The molecule has 2 aromatic rings. The molecule has 0 amide bonds. The number of rotatable bonds is 6. The van der Waals surface area contributed by atoms with Crippen LogP contribution in [-0.4, -0.2) is 13.7 Å². The van der Waals surface area contributed by atoms with E-state index in [1.807, 2.05) is 12.1 Å². The van der Waals surface area contributed by atoms with Gasteiger partial charge in [0.05, 0.1) is 7.11 Å². The molecule has 0 aliphatic carbocycles. The molecule has 0 aliphatic rings. The Balaban J connectivity index is 1.97. The fourth-order valence-corrected chi connectivity index (χ4v) is 2.39. The minimum atomic E-state index is 0.275. The summed E-state index contributed by atoms with van der Waals surface area (Å²) in [6.45, 7) is 5.37. The first-order valence-electron chi connectivity index (χ1n) is 7.13. The Morgan fingerprint density at radius 3 is 2.30 bits per heavy atom. The molecule has 2 rings (SSSR count). The fraction of sp³-hybridized carbons (Fsp3) is 0.333. The van der Waals surface area contributed by atoms with Crippen molar-refractivity contribution >= 4 is 0 Å². The summed E-state index contributed by atoms with van der Waals surface area (Å²) >= 11 is 0. The van der Waals surface area contributed by atoms with Gasteiger partial charge in [-0.1, -0.05) is 55.5 Å². The van der Waals surface area contributed by atoms with Gasteiger partial charge in [0.25, 0.3) is 0 Å². The lowest BCUT2D eigenvalue weighted by atomic mass is 10.00. The number of hydrogen-bond acceptors (Lipinski definition) is 2. The summed E-state index contributed by atoms with van der Waals surface area (Å²) in [7, 11) is 1.72. The van der Waals surface area contributed by atoms with Gasteiger partial charge in [0.15, 0.2) is 0 Å². The average molecular weight is 269 g/mol. The molecule has 2 nitrogen and oxygen atoms in total. The van der Waals surface area contributed by atoms with Gasteiger partial charge in [-0.2, -0.15) is 0 Å². The normalized spacial score (nSPS) is 13.8. The standard InChI is InChI=1S/C18H23NO/c1-14(16-9-5-4-6-10-16)13-19-15(2)17-11-7-8-12-18(17)20-3/h4-12,14-15,19H,13H2,1-3H3/t14?,15-/m1/s1. The molecule has 0 saturated heterocycles. The molecule has 2 heteroatoms. The lowest BCUT2D eigenvalue weighted by molar-refractivity contribution is 0.400. The third-order valence-electron chi connectivity index (χ3n) is 3.70. The van der Waals surface area contributed by atoms with Crippen molar-refractivity contribution < 1.29 is 4.74 Å². The first kappa shape index (κ1) is 14.6. The van der Waals surface area contributed by atoms with Gasteiger partial charge in [-0.05, 0) is 24.5 Å². The zero-order chi connectivity index (χ0) is 14.4. The van der Waals surface area contributed by atoms with E-state index < -0.39 is 0 Å². The highest BCUT2D eigenvalue weighted by Gasteiger charge is 2.12. The zero-order valence-corrected chi connectivity index (χ0v) is 12.5. The molecule has 106 valence electrons. The molecule has 1 unspecified atom stereocenters. The predicted octanol–water partition coefficient (Wildman–Crippen LogP) is 4.15. The van der Waals surface area contributed by atoms with Crippen molar-refractivity contribution in [1.82, 2.24) is 5.32 Å². The fourth-order valence-electron chi connectivity index (χ4n) is 2.39. The van der Waals surface area contributed by atoms with Crippen molar-refractivity contribution in [3.63, 3.8) is 0 Å². The van der Waals surface area contributed by atoms with Crippen LogP contribution in [0.5, 0.6) is 5.75 Å².